The predicted molar refractivity (Wildman–Crippen MR) is 88.7 cm³/mol. The normalized spacial score (nSPS) is 14.9. The number of carbonyl (C=O) groups is 1. The third-order valence-corrected chi connectivity index (χ3v) is 3.44. The molecule has 1 amide bonds. The Morgan fingerprint density at radius 1 is 1.09 bits per heavy atom. The van der Waals surface area contributed by atoms with E-state index in [1.54, 1.807) is 32.4 Å². The summed E-state index contributed by atoms with van der Waals surface area (Å²) in [6.45, 7) is 0. The maximum atomic E-state index is 11.9. The average Bonchev–Trinajstić information content (AvgIpc) is 2.90. The first-order chi connectivity index (χ1) is 11.2. The van der Waals surface area contributed by atoms with Crippen LogP contribution in [0.2, 0.25) is 0 Å². The predicted octanol–water partition coefficient (Wildman–Crippen LogP) is 2.48. The van der Waals surface area contributed by atoms with Crippen LogP contribution in [0.4, 0.5) is 5.69 Å². The molecule has 0 unspecified atom stereocenters. The topological polar surface area (TPSA) is 72.3 Å². The molecular weight excluding hydrogens is 294 g/mol. The van der Waals surface area contributed by atoms with Gasteiger partial charge in [0.05, 0.1) is 26.1 Å². The van der Waals surface area contributed by atoms with Gasteiger partial charge in [0.1, 0.15) is 11.5 Å². The summed E-state index contributed by atoms with van der Waals surface area (Å²) in [7, 11) is 3.16. The standard InChI is InChI=1S/C17H15N3O3/c1-22-12-7-8-15(23-2)11(9-12)10-18-20-16-13-5-3-4-6-14(13)19-17(16)21/h3-10H,1-2H3,(H,19,20,21)/b18-10+. The van der Waals surface area contributed by atoms with Gasteiger partial charge in [-0.05, 0) is 24.3 Å². The number of methoxy groups -OCH3 is 2. The van der Waals surface area contributed by atoms with Gasteiger partial charge in [0, 0.05) is 11.1 Å². The maximum absolute atomic E-state index is 11.9. The highest BCUT2D eigenvalue weighted by atomic mass is 16.5. The summed E-state index contributed by atoms with van der Waals surface area (Å²) in [6, 6.07) is 12.7. The second-order valence-corrected chi connectivity index (χ2v) is 4.80. The van der Waals surface area contributed by atoms with Crippen LogP contribution < -0.4 is 14.8 Å². The number of rotatable bonds is 4. The van der Waals surface area contributed by atoms with Gasteiger partial charge in [0.15, 0.2) is 5.71 Å². The van der Waals surface area contributed by atoms with Crippen molar-refractivity contribution >= 4 is 23.5 Å². The Kier molecular flexibility index (Phi) is 4.05. The first-order valence-corrected chi connectivity index (χ1v) is 6.96. The zero-order chi connectivity index (χ0) is 16.2. The summed E-state index contributed by atoms with van der Waals surface area (Å²) in [4.78, 5) is 11.9. The summed E-state index contributed by atoms with van der Waals surface area (Å²) >= 11 is 0. The molecule has 3 rings (SSSR count). The zero-order valence-electron chi connectivity index (χ0n) is 12.7. The molecule has 0 saturated carbocycles. The smallest absolute Gasteiger partial charge is 0.276 e. The van der Waals surface area contributed by atoms with Crippen molar-refractivity contribution in [2.75, 3.05) is 19.5 Å². The van der Waals surface area contributed by atoms with Gasteiger partial charge in [0.25, 0.3) is 5.91 Å². The molecule has 23 heavy (non-hydrogen) atoms. The molecule has 1 aliphatic heterocycles. The van der Waals surface area contributed by atoms with Gasteiger partial charge in [-0.1, -0.05) is 18.2 Å². The van der Waals surface area contributed by atoms with Crippen LogP contribution in [0.25, 0.3) is 0 Å². The van der Waals surface area contributed by atoms with Crippen LogP contribution in [-0.4, -0.2) is 32.1 Å². The Balaban J connectivity index is 1.91. The summed E-state index contributed by atoms with van der Waals surface area (Å²) in [5.74, 6) is 1.07. The Morgan fingerprint density at radius 3 is 2.70 bits per heavy atom. The molecule has 0 aromatic heterocycles. The maximum Gasteiger partial charge on any atom is 0.276 e. The molecule has 2 aromatic carbocycles. The second kappa shape index (κ2) is 6.31. The molecule has 1 N–H and O–H groups in total. The molecule has 1 heterocycles. The van der Waals surface area contributed by atoms with Crippen LogP contribution in [0.15, 0.2) is 52.7 Å². The lowest BCUT2D eigenvalue weighted by Crippen LogP contribution is -2.13. The summed E-state index contributed by atoms with van der Waals surface area (Å²) in [5.41, 5.74) is 2.49. The van der Waals surface area contributed by atoms with Gasteiger partial charge in [0.2, 0.25) is 0 Å². The minimum absolute atomic E-state index is 0.263. The van der Waals surface area contributed by atoms with Gasteiger partial charge >= 0.3 is 0 Å². The SMILES string of the molecule is COc1ccc(OC)c(/C=N/N=C2\C(=O)Nc3ccccc32)c1. The number of anilines is 1. The molecule has 0 fully saturated rings. The molecule has 0 atom stereocenters. The van der Waals surface area contributed by atoms with Gasteiger partial charge in [-0.15, -0.1) is 5.10 Å². The monoisotopic (exact) mass is 309 g/mol. The van der Waals surface area contributed by atoms with Crippen LogP contribution >= 0.6 is 0 Å². The number of para-hydroxylation sites is 1. The van der Waals surface area contributed by atoms with Crippen molar-refractivity contribution in [3.63, 3.8) is 0 Å². The van der Waals surface area contributed by atoms with E-state index in [1.165, 1.54) is 6.21 Å². The van der Waals surface area contributed by atoms with Crippen molar-refractivity contribution in [3.8, 4) is 11.5 Å². The van der Waals surface area contributed by atoms with Crippen LogP contribution in [0.3, 0.4) is 0 Å². The van der Waals surface area contributed by atoms with E-state index in [0.29, 0.717) is 22.8 Å². The van der Waals surface area contributed by atoms with E-state index >= 15 is 0 Å². The summed E-state index contributed by atoms with van der Waals surface area (Å²) in [5, 5.41) is 10.8. The first kappa shape index (κ1) is 14.8. The molecule has 6 heteroatoms. The van der Waals surface area contributed by atoms with Crippen molar-refractivity contribution in [1.82, 2.24) is 0 Å². The van der Waals surface area contributed by atoms with E-state index in [2.05, 4.69) is 15.5 Å². The average molecular weight is 309 g/mol. The lowest BCUT2D eigenvalue weighted by atomic mass is 10.1. The molecule has 116 valence electrons. The van der Waals surface area contributed by atoms with Gasteiger partial charge in [-0.2, -0.15) is 5.10 Å². The van der Waals surface area contributed by atoms with Crippen molar-refractivity contribution in [3.05, 3.63) is 53.6 Å². The van der Waals surface area contributed by atoms with Crippen molar-refractivity contribution < 1.29 is 14.3 Å². The second-order valence-electron chi connectivity index (χ2n) is 4.80. The third-order valence-electron chi connectivity index (χ3n) is 3.44. The third kappa shape index (κ3) is 2.91. The molecule has 2 aromatic rings. The Bertz CT molecular complexity index is 812. The summed E-state index contributed by atoms with van der Waals surface area (Å²) < 4.78 is 10.5. The molecule has 0 aliphatic carbocycles. The lowest BCUT2D eigenvalue weighted by Gasteiger charge is -2.06. The first-order valence-electron chi connectivity index (χ1n) is 6.96. The molecular formula is C17H15N3O3. The van der Waals surface area contributed by atoms with Crippen LogP contribution in [0.5, 0.6) is 11.5 Å². The number of amides is 1. The molecule has 0 saturated heterocycles. The number of fused-ring (bicyclic) bond motifs is 1. The number of benzene rings is 2. The summed E-state index contributed by atoms with van der Waals surface area (Å²) in [6.07, 6.45) is 1.53. The lowest BCUT2D eigenvalue weighted by molar-refractivity contribution is -0.110. The number of ether oxygens (including phenoxy) is 2. The molecule has 1 aliphatic rings. The van der Waals surface area contributed by atoms with E-state index in [1.807, 2.05) is 24.3 Å². The molecule has 6 nitrogen and oxygen atoms in total. The van der Waals surface area contributed by atoms with Gasteiger partial charge < -0.3 is 14.8 Å². The number of hydrogen-bond donors (Lipinski definition) is 1. The highest BCUT2D eigenvalue weighted by molar-refractivity contribution is 6.53. The highest BCUT2D eigenvalue weighted by Crippen LogP contribution is 2.24. The van der Waals surface area contributed by atoms with Crippen LogP contribution in [0.1, 0.15) is 11.1 Å². The van der Waals surface area contributed by atoms with Crippen molar-refractivity contribution in [2.45, 2.75) is 0 Å². The quantitative estimate of drug-likeness (QED) is 0.696. The molecule has 0 radical (unpaired) electrons. The Morgan fingerprint density at radius 2 is 1.91 bits per heavy atom. The van der Waals surface area contributed by atoms with Gasteiger partial charge in [-0.25, -0.2) is 0 Å². The van der Waals surface area contributed by atoms with E-state index in [-0.39, 0.29) is 5.91 Å². The highest BCUT2D eigenvalue weighted by Gasteiger charge is 2.25. The van der Waals surface area contributed by atoms with Crippen molar-refractivity contribution in [1.29, 1.82) is 0 Å². The number of nitrogens with one attached hydrogen (secondary N) is 1. The fourth-order valence-corrected chi connectivity index (χ4v) is 2.29. The van der Waals surface area contributed by atoms with Gasteiger partial charge in [-0.3, -0.25) is 4.79 Å². The molecule has 0 bridgehead atoms. The fourth-order valence-electron chi connectivity index (χ4n) is 2.29. The van der Waals surface area contributed by atoms with E-state index in [4.69, 9.17) is 9.47 Å². The Hall–Kier alpha value is -3.15. The molecule has 0 spiro atoms. The zero-order valence-corrected chi connectivity index (χ0v) is 12.7. The van der Waals surface area contributed by atoms with Crippen molar-refractivity contribution in [2.24, 2.45) is 10.2 Å². The minimum Gasteiger partial charge on any atom is -0.497 e. The van der Waals surface area contributed by atoms with Crippen LogP contribution in [-0.2, 0) is 4.79 Å². The number of hydrogen-bond acceptors (Lipinski definition) is 5. The minimum atomic E-state index is -0.263. The largest absolute Gasteiger partial charge is 0.497 e. The Labute approximate surface area is 133 Å². The van der Waals surface area contributed by atoms with E-state index in [9.17, 15) is 4.79 Å². The van der Waals surface area contributed by atoms with E-state index < -0.39 is 0 Å². The number of nitrogens with zero attached hydrogens (tertiary/aromatic N) is 2. The van der Waals surface area contributed by atoms with Crippen LogP contribution in [0, 0.1) is 0 Å². The fraction of sp³-hybridized carbons (Fsp3) is 0.118. The van der Waals surface area contributed by atoms with E-state index in [0.717, 1.165) is 11.3 Å². The number of carbonyl (C=O) groups excluding carboxylic acids is 1.